The van der Waals surface area contributed by atoms with Gasteiger partial charge in [-0.1, -0.05) is 26.7 Å². The summed E-state index contributed by atoms with van der Waals surface area (Å²) in [5, 5.41) is 35.1. The topological polar surface area (TPSA) is 145 Å². The summed E-state index contributed by atoms with van der Waals surface area (Å²) in [6, 6.07) is 1.46. The number of anilines is 1. The van der Waals surface area contributed by atoms with Crippen molar-refractivity contribution < 1.29 is 14.8 Å². The van der Waals surface area contributed by atoms with Crippen LogP contribution in [-0.2, 0) is 0 Å². The number of hydrogen-bond donors (Lipinski definition) is 1. The third-order valence-electron chi connectivity index (χ3n) is 3.52. The van der Waals surface area contributed by atoms with Gasteiger partial charge in [0.05, 0.1) is 26.9 Å². The molecule has 1 rings (SSSR count). The lowest BCUT2D eigenvalue weighted by atomic mass is 10.2. The summed E-state index contributed by atoms with van der Waals surface area (Å²) in [7, 11) is 0. The van der Waals surface area contributed by atoms with Crippen LogP contribution in [0.5, 0.6) is 0 Å². The highest BCUT2D eigenvalue weighted by Gasteiger charge is 2.31. The Bertz CT molecular complexity index is 608. The van der Waals surface area contributed by atoms with Crippen molar-refractivity contribution in [2.75, 3.05) is 18.5 Å². The van der Waals surface area contributed by atoms with Gasteiger partial charge in [0.25, 0.3) is 5.69 Å². The van der Waals surface area contributed by atoms with Gasteiger partial charge in [-0.05, 0) is 12.8 Å². The molecule has 0 heterocycles. The van der Waals surface area contributed by atoms with Gasteiger partial charge in [-0.15, -0.1) is 0 Å². The molecule has 25 heavy (non-hydrogen) atoms. The smallest absolute Gasteiger partial charge is 0.307 e. The Morgan fingerprint density at radius 2 is 1.32 bits per heavy atom. The Morgan fingerprint density at radius 1 is 0.880 bits per heavy atom. The zero-order valence-electron chi connectivity index (χ0n) is 14.1. The number of hydrazine groups is 1. The van der Waals surface area contributed by atoms with Crippen molar-refractivity contribution >= 4 is 22.7 Å². The van der Waals surface area contributed by atoms with Gasteiger partial charge in [-0.2, -0.15) is 0 Å². The van der Waals surface area contributed by atoms with Crippen LogP contribution in [0.1, 0.15) is 39.5 Å². The Balaban J connectivity index is 3.35. The maximum absolute atomic E-state index is 11.3. The predicted octanol–water partition coefficient (Wildman–Crippen LogP) is 3.64. The molecule has 0 aliphatic heterocycles. The first-order valence-corrected chi connectivity index (χ1v) is 7.94. The van der Waals surface area contributed by atoms with E-state index < -0.39 is 31.8 Å². The molecule has 1 aromatic carbocycles. The summed E-state index contributed by atoms with van der Waals surface area (Å²) in [5.74, 6) is 0. The minimum atomic E-state index is -0.893. The number of nitro groups is 3. The number of nitrogens with one attached hydrogen (secondary N) is 1. The van der Waals surface area contributed by atoms with Crippen LogP contribution in [0.4, 0.5) is 22.7 Å². The molecule has 1 aromatic rings. The Hall–Kier alpha value is -2.82. The van der Waals surface area contributed by atoms with Gasteiger partial charge in [0, 0.05) is 13.1 Å². The summed E-state index contributed by atoms with van der Waals surface area (Å²) in [4.78, 5) is 30.8. The molecule has 0 saturated heterocycles. The molecule has 0 aromatic heterocycles. The molecule has 138 valence electrons. The number of unbranched alkanes of at least 4 members (excludes halogenated alkanes) is 2. The molecule has 0 spiro atoms. The van der Waals surface area contributed by atoms with Gasteiger partial charge in [-0.25, -0.2) is 5.01 Å². The standard InChI is InChI=1S/C14H21N5O6/c1-3-5-7-16(8-6-4-2)15-14-12(18(22)23)9-11(17(20)21)10-13(14)19(24)25/h9-10,15H,3-8H2,1-2H3. The van der Waals surface area contributed by atoms with Crippen LogP contribution in [-0.4, -0.2) is 32.9 Å². The van der Waals surface area contributed by atoms with E-state index in [0.29, 0.717) is 13.1 Å². The van der Waals surface area contributed by atoms with Crippen molar-refractivity contribution in [1.29, 1.82) is 0 Å². The maximum Gasteiger partial charge on any atom is 0.307 e. The largest absolute Gasteiger partial charge is 0.307 e. The third-order valence-corrected chi connectivity index (χ3v) is 3.52. The van der Waals surface area contributed by atoms with Crippen molar-refractivity contribution in [3.05, 3.63) is 42.5 Å². The second-order valence-electron chi connectivity index (χ2n) is 5.44. The van der Waals surface area contributed by atoms with E-state index in [4.69, 9.17) is 0 Å². The second kappa shape index (κ2) is 9.47. The zero-order valence-corrected chi connectivity index (χ0v) is 14.1. The molecule has 0 aliphatic rings. The normalized spacial score (nSPS) is 10.7. The van der Waals surface area contributed by atoms with E-state index in [1.165, 1.54) is 0 Å². The van der Waals surface area contributed by atoms with Crippen LogP contribution in [0.3, 0.4) is 0 Å². The lowest BCUT2D eigenvalue weighted by Crippen LogP contribution is -2.32. The number of nitrogens with zero attached hydrogens (tertiary/aromatic N) is 4. The van der Waals surface area contributed by atoms with E-state index in [-0.39, 0.29) is 5.69 Å². The number of non-ortho nitro benzene ring substituents is 1. The van der Waals surface area contributed by atoms with Crippen LogP contribution < -0.4 is 5.43 Å². The Labute approximate surface area is 144 Å². The van der Waals surface area contributed by atoms with Crippen LogP contribution in [0, 0.1) is 30.3 Å². The molecule has 1 N–H and O–H groups in total. The first-order valence-electron chi connectivity index (χ1n) is 7.94. The fraction of sp³-hybridized carbons (Fsp3) is 0.571. The quantitative estimate of drug-likeness (QED) is 0.467. The second-order valence-corrected chi connectivity index (χ2v) is 5.44. The van der Waals surface area contributed by atoms with Gasteiger partial charge in [0.15, 0.2) is 0 Å². The summed E-state index contributed by atoms with van der Waals surface area (Å²) in [6.07, 6.45) is 3.36. The Kier molecular flexibility index (Phi) is 7.66. The molecule has 11 heteroatoms. The van der Waals surface area contributed by atoms with Crippen LogP contribution in [0.15, 0.2) is 12.1 Å². The number of rotatable bonds is 11. The number of nitro benzene ring substituents is 3. The number of hydrogen-bond acceptors (Lipinski definition) is 8. The molecule has 0 atom stereocenters. The first-order chi connectivity index (χ1) is 11.8. The fourth-order valence-corrected chi connectivity index (χ4v) is 2.18. The molecule has 11 nitrogen and oxygen atoms in total. The maximum atomic E-state index is 11.3. The highest BCUT2D eigenvalue weighted by molar-refractivity contribution is 5.76. The van der Waals surface area contributed by atoms with Crippen LogP contribution >= 0.6 is 0 Å². The van der Waals surface area contributed by atoms with Gasteiger partial charge in [0.2, 0.25) is 5.69 Å². The lowest BCUT2D eigenvalue weighted by molar-refractivity contribution is -0.402. The molecule has 0 aliphatic carbocycles. The highest BCUT2D eigenvalue weighted by atomic mass is 16.6. The first kappa shape index (κ1) is 20.2. The van der Waals surface area contributed by atoms with Crippen molar-refractivity contribution in [2.24, 2.45) is 0 Å². The minimum Gasteiger partial charge on any atom is -0.307 e. The average Bonchev–Trinajstić information content (AvgIpc) is 2.56. The van der Waals surface area contributed by atoms with Gasteiger partial charge < -0.3 is 5.43 Å². The van der Waals surface area contributed by atoms with E-state index in [0.717, 1.165) is 37.8 Å². The fourth-order valence-electron chi connectivity index (χ4n) is 2.18. The summed E-state index contributed by atoms with van der Waals surface area (Å²) in [6.45, 7) is 5.05. The monoisotopic (exact) mass is 355 g/mol. The van der Waals surface area contributed by atoms with E-state index >= 15 is 0 Å². The highest BCUT2D eigenvalue weighted by Crippen LogP contribution is 2.38. The van der Waals surface area contributed by atoms with Gasteiger partial charge in [0.1, 0.15) is 0 Å². The summed E-state index contributed by atoms with van der Waals surface area (Å²) < 4.78 is 0. The van der Waals surface area contributed by atoms with Crippen LogP contribution in [0.25, 0.3) is 0 Å². The lowest BCUT2D eigenvalue weighted by Gasteiger charge is -2.23. The molecular formula is C14H21N5O6. The molecule has 0 radical (unpaired) electrons. The molecule has 0 fully saturated rings. The van der Waals surface area contributed by atoms with Crippen molar-refractivity contribution in [2.45, 2.75) is 39.5 Å². The Morgan fingerprint density at radius 3 is 1.64 bits per heavy atom. The van der Waals surface area contributed by atoms with Crippen LogP contribution in [0.2, 0.25) is 0 Å². The summed E-state index contributed by atoms with van der Waals surface area (Å²) in [5.41, 5.74) is 0.314. The average molecular weight is 355 g/mol. The zero-order chi connectivity index (χ0) is 19.0. The summed E-state index contributed by atoms with van der Waals surface area (Å²) >= 11 is 0. The van der Waals surface area contributed by atoms with E-state index in [1.54, 1.807) is 5.01 Å². The molecule has 0 bridgehead atoms. The molecule has 0 unspecified atom stereocenters. The van der Waals surface area contributed by atoms with Gasteiger partial charge >= 0.3 is 11.4 Å². The van der Waals surface area contributed by atoms with E-state index in [9.17, 15) is 30.3 Å². The van der Waals surface area contributed by atoms with E-state index in [1.807, 2.05) is 13.8 Å². The SMILES string of the molecule is CCCCN(CCCC)Nc1c([N+](=O)[O-])cc([N+](=O)[O-])cc1[N+](=O)[O-]. The predicted molar refractivity (Wildman–Crippen MR) is 91.4 cm³/mol. The van der Waals surface area contributed by atoms with Crippen molar-refractivity contribution in [3.8, 4) is 0 Å². The van der Waals surface area contributed by atoms with E-state index in [2.05, 4.69) is 5.43 Å². The van der Waals surface area contributed by atoms with Gasteiger partial charge in [-0.3, -0.25) is 30.3 Å². The molecule has 0 saturated carbocycles. The van der Waals surface area contributed by atoms with Crippen molar-refractivity contribution in [3.63, 3.8) is 0 Å². The third kappa shape index (κ3) is 5.64. The number of benzene rings is 1. The van der Waals surface area contributed by atoms with Crippen molar-refractivity contribution in [1.82, 2.24) is 5.01 Å². The minimum absolute atomic E-state index is 0.340. The molecule has 0 amide bonds. The molecular weight excluding hydrogens is 334 g/mol.